The first-order chi connectivity index (χ1) is 11.8. The Hall–Kier alpha value is -1.98. The van der Waals surface area contributed by atoms with E-state index in [1.165, 1.54) is 5.56 Å². The Morgan fingerprint density at radius 3 is 2.62 bits per heavy atom. The molecule has 0 unspecified atom stereocenters. The lowest BCUT2D eigenvalue weighted by Gasteiger charge is -2.39. The zero-order valence-electron chi connectivity index (χ0n) is 13.8. The molecule has 3 heterocycles. The molecule has 0 N–H and O–H groups in total. The van der Waals surface area contributed by atoms with Crippen molar-refractivity contribution >= 4 is 5.69 Å². The first-order valence-corrected chi connectivity index (χ1v) is 8.62. The molecule has 1 aromatic heterocycles. The summed E-state index contributed by atoms with van der Waals surface area (Å²) in [6, 6.07) is 10.3. The molecular weight excluding hydrogens is 302 g/mol. The zero-order valence-corrected chi connectivity index (χ0v) is 13.8. The van der Waals surface area contributed by atoms with Gasteiger partial charge in [0.15, 0.2) is 0 Å². The van der Waals surface area contributed by atoms with Crippen LogP contribution in [0.15, 0.2) is 49.1 Å². The van der Waals surface area contributed by atoms with E-state index in [2.05, 4.69) is 27.0 Å². The first kappa shape index (κ1) is 15.5. The van der Waals surface area contributed by atoms with E-state index < -0.39 is 0 Å². The highest BCUT2D eigenvalue weighted by atomic mass is 16.6. The van der Waals surface area contributed by atoms with Gasteiger partial charge in [0, 0.05) is 19.5 Å². The Morgan fingerprint density at radius 2 is 1.88 bits per heavy atom. The van der Waals surface area contributed by atoms with Crippen molar-refractivity contribution in [3.8, 4) is 0 Å². The molecule has 2 saturated heterocycles. The highest BCUT2D eigenvalue weighted by Crippen LogP contribution is 2.38. The lowest BCUT2D eigenvalue weighted by molar-refractivity contribution is -0.0203. The predicted octanol–water partition coefficient (Wildman–Crippen LogP) is 2.82. The van der Waals surface area contributed by atoms with Crippen molar-refractivity contribution in [2.75, 3.05) is 24.6 Å². The number of hydrogen-bond donors (Lipinski definition) is 0. The molecule has 0 amide bonds. The molecule has 1 spiro atoms. The number of nitrogens with zero attached hydrogens (tertiary/aromatic N) is 3. The third kappa shape index (κ3) is 3.42. The first-order valence-electron chi connectivity index (χ1n) is 8.62. The summed E-state index contributed by atoms with van der Waals surface area (Å²) in [6.07, 6.45) is 8.61. The van der Waals surface area contributed by atoms with Gasteiger partial charge in [0.1, 0.15) is 6.33 Å². The Balaban J connectivity index is 1.29. The minimum absolute atomic E-state index is 0.00646. The van der Waals surface area contributed by atoms with Gasteiger partial charge < -0.3 is 14.4 Å². The molecule has 1 aromatic carbocycles. The SMILES string of the molecule is c1ccc(CO[C@@H]2COC3(CCN(c4cncnc4)CC3)C2)cc1. The number of piperidine rings is 1. The van der Waals surface area contributed by atoms with E-state index in [0.29, 0.717) is 13.2 Å². The number of benzene rings is 1. The Morgan fingerprint density at radius 1 is 1.12 bits per heavy atom. The number of rotatable bonds is 4. The molecule has 2 aliphatic heterocycles. The van der Waals surface area contributed by atoms with E-state index in [1.807, 2.05) is 30.6 Å². The molecule has 0 bridgehead atoms. The molecule has 4 rings (SSSR count). The van der Waals surface area contributed by atoms with Gasteiger partial charge in [-0.3, -0.25) is 0 Å². The predicted molar refractivity (Wildman–Crippen MR) is 91.8 cm³/mol. The largest absolute Gasteiger partial charge is 0.372 e. The van der Waals surface area contributed by atoms with E-state index >= 15 is 0 Å². The number of ether oxygens (including phenoxy) is 2. The van der Waals surface area contributed by atoms with Crippen LogP contribution in [-0.2, 0) is 16.1 Å². The maximum Gasteiger partial charge on any atom is 0.115 e. The topological polar surface area (TPSA) is 47.5 Å². The number of aromatic nitrogens is 2. The van der Waals surface area contributed by atoms with Crippen LogP contribution in [0.4, 0.5) is 5.69 Å². The lowest BCUT2D eigenvalue weighted by atomic mass is 9.88. The van der Waals surface area contributed by atoms with Gasteiger partial charge in [-0.05, 0) is 18.4 Å². The lowest BCUT2D eigenvalue weighted by Crippen LogP contribution is -2.44. The fraction of sp³-hybridized carbons (Fsp3) is 0.474. The van der Waals surface area contributed by atoms with Gasteiger partial charge in [-0.25, -0.2) is 9.97 Å². The summed E-state index contributed by atoms with van der Waals surface area (Å²) < 4.78 is 12.3. The van der Waals surface area contributed by atoms with Crippen LogP contribution in [0.5, 0.6) is 0 Å². The van der Waals surface area contributed by atoms with Crippen molar-refractivity contribution in [2.45, 2.75) is 37.6 Å². The molecule has 5 heteroatoms. The maximum atomic E-state index is 6.18. The van der Waals surface area contributed by atoms with Crippen molar-refractivity contribution in [3.05, 3.63) is 54.6 Å². The maximum absolute atomic E-state index is 6.18. The average Bonchev–Trinajstić information content (AvgIpc) is 3.05. The van der Waals surface area contributed by atoms with Crippen molar-refractivity contribution in [3.63, 3.8) is 0 Å². The quantitative estimate of drug-likeness (QED) is 0.865. The van der Waals surface area contributed by atoms with E-state index in [4.69, 9.17) is 9.47 Å². The normalized spacial score (nSPS) is 22.8. The van der Waals surface area contributed by atoms with Gasteiger partial charge in [0.2, 0.25) is 0 Å². The molecule has 5 nitrogen and oxygen atoms in total. The van der Waals surface area contributed by atoms with Gasteiger partial charge >= 0.3 is 0 Å². The average molecular weight is 325 g/mol. The second kappa shape index (κ2) is 6.87. The highest BCUT2D eigenvalue weighted by molar-refractivity contribution is 5.42. The van der Waals surface area contributed by atoms with Crippen LogP contribution < -0.4 is 4.90 Å². The summed E-state index contributed by atoms with van der Waals surface area (Å²) in [7, 11) is 0. The molecule has 2 aromatic rings. The molecule has 24 heavy (non-hydrogen) atoms. The fourth-order valence-electron chi connectivity index (χ4n) is 3.67. The van der Waals surface area contributed by atoms with E-state index in [0.717, 1.165) is 38.0 Å². The summed E-state index contributed by atoms with van der Waals surface area (Å²) in [5.41, 5.74) is 2.31. The Kier molecular flexibility index (Phi) is 4.45. The Bertz CT molecular complexity index is 642. The van der Waals surface area contributed by atoms with Crippen LogP contribution in [0, 0.1) is 0 Å². The third-order valence-electron chi connectivity index (χ3n) is 5.09. The van der Waals surface area contributed by atoms with Crippen LogP contribution in [-0.4, -0.2) is 41.4 Å². The van der Waals surface area contributed by atoms with Gasteiger partial charge in [-0.2, -0.15) is 0 Å². The highest BCUT2D eigenvalue weighted by Gasteiger charge is 2.43. The van der Waals surface area contributed by atoms with Gasteiger partial charge in [0.25, 0.3) is 0 Å². The van der Waals surface area contributed by atoms with Crippen molar-refractivity contribution in [1.82, 2.24) is 9.97 Å². The molecule has 2 fully saturated rings. The molecule has 0 aliphatic carbocycles. The summed E-state index contributed by atoms with van der Waals surface area (Å²) in [4.78, 5) is 10.6. The van der Waals surface area contributed by atoms with Crippen LogP contribution in [0.25, 0.3) is 0 Å². The van der Waals surface area contributed by atoms with E-state index in [1.54, 1.807) is 6.33 Å². The second-order valence-corrected chi connectivity index (χ2v) is 6.70. The summed E-state index contributed by atoms with van der Waals surface area (Å²) in [6.45, 7) is 3.34. The number of hydrogen-bond acceptors (Lipinski definition) is 5. The minimum Gasteiger partial charge on any atom is -0.372 e. The summed E-state index contributed by atoms with van der Waals surface area (Å²) in [5.74, 6) is 0. The zero-order chi connectivity index (χ0) is 16.2. The smallest absolute Gasteiger partial charge is 0.115 e. The van der Waals surface area contributed by atoms with Crippen LogP contribution in [0.2, 0.25) is 0 Å². The van der Waals surface area contributed by atoms with E-state index in [-0.39, 0.29) is 11.7 Å². The second-order valence-electron chi connectivity index (χ2n) is 6.70. The standard InChI is InChI=1S/C19H23N3O2/c1-2-4-16(5-3-1)13-23-18-10-19(24-14-18)6-8-22(9-7-19)17-11-20-15-21-12-17/h1-5,11-12,15,18H,6-10,13-14H2/t18-/m0/s1. The van der Waals surface area contributed by atoms with Crippen LogP contribution in [0.1, 0.15) is 24.8 Å². The van der Waals surface area contributed by atoms with Gasteiger partial charge in [-0.1, -0.05) is 30.3 Å². The Labute approximate surface area is 142 Å². The summed E-state index contributed by atoms with van der Waals surface area (Å²) in [5, 5.41) is 0. The minimum atomic E-state index is -0.00646. The number of anilines is 1. The molecule has 126 valence electrons. The third-order valence-corrected chi connectivity index (χ3v) is 5.09. The van der Waals surface area contributed by atoms with Crippen molar-refractivity contribution in [2.24, 2.45) is 0 Å². The molecule has 2 aliphatic rings. The van der Waals surface area contributed by atoms with Crippen LogP contribution >= 0.6 is 0 Å². The van der Waals surface area contributed by atoms with E-state index in [9.17, 15) is 0 Å². The molecular formula is C19H23N3O2. The fourth-order valence-corrected chi connectivity index (χ4v) is 3.67. The molecule has 1 atom stereocenters. The monoisotopic (exact) mass is 325 g/mol. The summed E-state index contributed by atoms with van der Waals surface area (Å²) >= 11 is 0. The van der Waals surface area contributed by atoms with Crippen molar-refractivity contribution < 1.29 is 9.47 Å². The van der Waals surface area contributed by atoms with Crippen molar-refractivity contribution in [1.29, 1.82) is 0 Å². The molecule has 0 radical (unpaired) electrons. The van der Waals surface area contributed by atoms with Gasteiger partial charge in [-0.15, -0.1) is 0 Å². The molecule has 0 saturated carbocycles. The van der Waals surface area contributed by atoms with Gasteiger partial charge in [0.05, 0.1) is 43.0 Å². The van der Waals surface area contributed by atoms with Crippen LogP contribution in [0.3, 0.4) is 0 Å².